The summed E-state index contributed by atoms with van der Waals surface area (Å²) in [6, 6.07) is 1.85. The summed E-state index contributed by atoms with van der Waals surface area (Å²) >= 11 is 0. The summed E-state index contributed by atoms with van der Waals surface area (Å²) in [4.78, 5) is 13.6. The van der Waals surface area contributed by atoms with Crippen LogP contribution in [0.1, 0.15) is 26.7 Å². The van der Waals surface area contributed by atoms with Crippen molar-refractivity contribution in [1.29, 1.82) is 5.26 Å². The van der Waals surface area contributed by atoms with E-state index in [0.29, 0.717) is 13.1 Å². The molecular weight excluding hydrogens is 190 g/mol. The van der Waals surface area contributed by atoms with Crippen LogP contribution in [0.5, 0.6) is 0 Å². The highest BCUT2D eigenvalue weighted by Crippen LogP contribution is 2.17. The fourth-order valence-electron chi connectivity index (χ4n) is 1.72. The summed E-state index contributed by atoms with van der Waals surface area (Å²) < 4.78 is 0. The number of hydrogen-bond acceptors (Lipinski definition) is 3. The van der Waals surface area contributed by atoms with Gasteiger partial charge in [0.25, 0.3) is 0 Å². The van der Waals surface area contributed by atoms with Gasteiger partial charge in [0.15, 0.2) is 0 Å². The van der Waals surface area contributed by atoms with E-state index < -0.39 is 6.04 Å². The number of nitriles is 1. The standard InChI is InChI=1S/C11H19N3O/c1-8(2)10(13)11(15)14-5-3-9(7-12)4-6-14/h8-10H,3-6,13H2,1-2H3/t10-/m0/s1. The maximum atomic E-state index is 11.9. The largest absolute Gasteiger partial charge is 0.341 e. The zero-order valence-corrected chi connectivity index (χ0v) is 9.44. The number of carbonyl (C=O) groups is 1. The lowest BCUT2D eigenvalue weighted by Crippen LogP contribution is -2.49. The summed E-state index contributed by atoms with van der Waals surface area (Å²) in [5, 5.41) is 8.74. The minimum Gasteiger partial charge on any atom is -0.341 e. The number of hydrogen-bond donors (Lipinski definition) is 1. The zero-order chi connectivity index (χ0) is 11.4. The van der Waals surface area contributed by atoms with E-state index >= 15 is 0 Å². The molecule has 0 aromatic rings. The van der Waals surface area contributed by atoms with Crippen LogP contribution < -0.4 is 5.73 Å². The highest BCUT2D eigenvalue weighted by atomic mass is 16.2. The maximum absolute atomic E-state index is 11.9. The second-order valence-electron chi connectivity index (χ2n) is 4.50. The van der Waals surface area contributed by atoms with Crippen LogP contribution in [0.3, 0.4) is 0 Å². The maximum Gasteiger partial charge on any atom is 0.239 e. The molecule has 2 N–H and O–H groups in total. The van der Waals surface area contributed by atoms with Crippen molar-refractivity contribution in [2.75, 3.05) is 13.1 Å². The predicted molar refractivity (Wildman–Crippen MR) is 57.7 cm³/mol. The van der Waals surface area contributed by atoms with Gasteiger partial charge < -0.3 is 10.6 Å². The monoisotopic (exact) mass is 209 g/mol. The lowest BCUT2D eigenvalue weighted by molar-refractivity contribution is -0.134. The number of rotatable bonds is 2. The van der Waals surface area contributed by atoms with Gasteiger partial charge in [-0.2, -0.15) is 5.26 Å². The van der Waals surface area contributed by atoms with Crippen LogP contribution in [-0.4, -0.2) is 29.9 Å². The Kier molecular flexibility index (Phi) is 4.10. The van der Waals surface area contributed by atoms with Crippen molar-refractivity contribution in [3.05, 3.63) is 0 Å². The molecule has 0 bridgehead atoms. The summed E-state index contributed by atoms with van der Waals surface area (Å²) in [7, 11) is 0. The SMILES string of the molecule is CC(C)[C@H](N)C(=O)N1CCC(C#N)CC1. The van der Waals surface area contributed by atoms with Gasteiger partial charge in [0.2, 0.25) is 5.91 Å². The third-order valence-electron chi connectivity index (χ3n) is 2.99. The molecule has 4 heteroatoms. The third-order valence-corrected chi connectivity index (χ3v) is 2.99. The number of nitrogens with zero attached hydrogens (tertiary/aromatic N) is 2. The van der Waals surface area contributed by atoms with Gasteiger partial charge in [-0.25, -0.2) is 0 Å². The molecule has 0 aromatic carbocycles. The number of nitrogens with two attached hydrogens (primary N) is 1. The molecule has 84 valence electrons. The van der Waals surface area contributed by atoms with Crippen LogP contribution in [0.4, 0.5) is 0 Å². The molecule has 1 rings (SSSR count). The number of amides is 1. The van der Waals surface area contributed by atoms with Gasteiger partial charge in [0, 0.05) is 19.0 Å². The van der Waals surface area contributed by atoms with E-state index in [4.69, 9.17) is 11.0 Å². The van der Waals surface area contributed by atoms with Crippen molar-refractivity contribution < 1.29 is 4.79 Å². The van der Waals surface area contributed by atoms with Crippen LogP contribution in [0.2, 0.25) is 0 Å². The molecule has 4 nitrogen and oxygen atoms in total. The normalized spacial score (nSPS) is 20.1. The van der Waals surface area contributed by atoms with E-state index in [1.54, 1.807) is 4.90 Å². The Balaban J connectivity index is 2.47. The van der Waals surface area contributed by atoms with Crippen molar-refractivity contribution in [2.24, 2.45) is 17.6 Å². The number of likely N-dealkylation sites (tertiary alicyclic amines) is 1. The Bertz CT molecular complexity index is 261. The molecule has 0 unspecified atom stereocenters. The molecule has 0 aliphatic carbocycles. The Morgan fingerprint density at radius 2 is 2.00 bits per heavy atom. The number of piperidine rings is 1. The lowest BCUT2D eigenvalue weighted by atomic mass is 9.96. The topological polar surface area (TPSA) is 70.1 Å². The third kappa shape index (κ3) is 2.93. The average molecular weight is 209 g/mol. The van der Waals surface area contributed by atoms with Crippen molar-refractivity contribution >= 4 is 5.91 Å². The van der Waals surface area contributed by atoms with Gasteiger partial charge in [-0.15, -0.1) is 0 Å². The summed E-state index contributed by atoms with van der Waals surface area (Å²) in [6.45, 7) is 5.25. The Morgan fingerprint density at radius 1 is 1.47 bits per heavy atom. The lowest BCUT2D eigenvalue weighted by Gasteiger charge is -2.32. The predicted octanol–water partition coefficient (Wildman–Crippen LogP) is 0.732. The second kappa shape index (κ2) is 5.13. The molecule has 0 aromatic heterocycles. The smallest absolute Gasteiger partial charge is 0.239 e. The van der Waals surface area contributed by atoms with Gasteiger partial charge in [0.05, 0.1) is 12.1 Å². The first-order valence-electron chi connectivity index (χ1n) is 5.50. The molecule has 1 heterocycles. The Labute approximate surface area is 91.0 Å². The van der Waals surface area contributed by atoms with Crippen LogP contribution in [0.25, 0.3) is 0 Å². The van der Waals surface area contributed by atoms with Crippen LogP contribution in [0.15, 0.2) is 0 Å². The molecule has 1 amide bonds. The molecule has 1 aliphatic heterocycles. The van der Waals surface area contributed by atoms with Gasteiger partial charge >= 0.3 is 0 Å². The van der Waals surface area contributed by atoms with Crippen molar-refractivity contribution in [2.45, 2.75) is 32.7 Å². The highest BCUT2D eigenvalue weighted by molar-refractivity contribution is 5.82. The van der Waals surface area contributed by atoms with Gasteiger partial charge in [0.1, 0.15) is 0 Å². The van der Waals surface area contributed by atoms with Crippen LogP contribution in [0, 0.1) is 23.2 Å². The minimum atomic E-state index is -0.399. The molecule has 1 saturated heterocycles. The van der Waals surface area contributed by atoms with E-state index in [-0.39, 0.29) is 17.7 Å². The Hall–Kier alpha value is -1.08. The van der Waals surface area contributed by atoms with Crippen molar-refractivity contribution in [1.82, 2.24) is 4.90 Å². The molecule has 15 heavy (non-hydrogen) atoms. The second-order valence-corrected chi connectivity index (χ2v) is 4.50. The van der Waals surface area contributed by atoms with Gasteiger partial charge in [-0.05, 0) is 18.8 Å². The van der Waals surface area contributed by atoms with Gasteiger partial charge in [-0.1, -0.05) is 13.8 Å². The summed E-state index contributed by atoms with van der Waals surface area (Å²) in [6.07, 6.45) is 1.57. The fourth-order valence-corrected chi connectivity index (χ4v) is 1.72. The molecule has 0 spiro atoms. The molecule has 0 saturated carbocycles. The Morgan fingerprint density at radius 3 is 2.40 bits per heavy atom. The first kappa shape index (κ1) is 12.0. The molecule has 1 aliphatic rings. The molecular formula is C11H19N3O. The molecule has 1 fully saturated rings. The quantitative estimate of drug-likeness (QED) is 0.729. The van der Waals surface area contributed by atoms with E-state index in [1.165, 1.54) is 0 Å². The highest BCUT2D eigenvalue weighted by Gasteiger charge is 2.27. The van der Waals surface area contributed by atoms with Crippen molar-refractivity contribution in [3.8, 4) is 6.07 Å². The first-order valence-corrected chi connectivity index (χ1v) is 5.50. The summed E-state index contributed by atoms with van der Waals surface area (Å²) in [5.74, 6) is 0.317. The summed E-state index contributed by atoms with van der Waals surface area (Å²) in [5.41, 5.74) is 5.80. The zero-order valence-electron chi connectivity index (χ0n) is 9.44. The van der Waals surface area contributed by atoms with Crippen molar-refractivity contribution in [3.63, 3.8) is 0 Å². The van der Waals surface area contributed by atoms with E-state index in [2.05, 4.69) is 6.07 Å². The van der Waals surface area contributed by atoms with E-state index in [9.17, 15) is 4.79 Å². The molecule has 1 atom stereocenters. The minimum absolute atomic E-state index is 0.0291. The fraction of sp³-hybridized carbons (Fsp3) is 0.818. The molecule has 0 radical (unpaired) electrons. The van der Waals surface area contributed by atoms with E-state index in [1.807, 2.05) is 13.8 Å². The van der Waals surface area contributed by atoms with Crippen LogP contribution >= 0.6 is 0 Å². The number of carbonyl (C=O) groups excluding carboxylic acids is 1. The first-order chi connectivity index (χ1) is 7.06. The van der Waals surface area contributed by atoms with E-state index in [0.717, 1.165) is 12.8 Å². The average Bonchev–Trinajstić information content (AvgIpc) is 2.27. The van der Waals surface area contributed by atoms with Crippen LogP contribution in [-0.2, 0) is 4.79 Å². The van der Waals surface area contributed by atoms with Gasteiger partial charge in [-0.3, -0.25) is 4.79 Å².